The number of hydrogen-bond donors (Lipinski definition) is 1. The number of aryl methyl sites for hydroxylation is 1. The molecule has 0 aliphatic heterocycles. The number of benzene rings is 1. The van der Waals surface area contributed by atoms with Crippen LogP contribution in [0.1, 0.15) is 6.92 Å². The van der Waals surface area contributed by atoms with E-state index in [0.717, 1.165) is 5.69 Å². The lowest BCUT2D eigenvalue weighted by atomic mass is 10.2. The van der Waals surface area contributed by atoms with E-state index >= 15 is 0 Å². The smallest absolute Gasteiger partial charge is 0.178 e. The number of nitrogens with two attached hydrogens (primary N) is 1. The Hall–Kier alpha value is -2.04. The van der Waals surface area contributed by atoms with Gasteiger partial charge in [0.25, 0.3) is 0 Å². The van der Waals surface area contributed by atoms with E-state index in [9.17, 15) is 4.39 Å². The van der Waals surface area contributed by atoms with E-state index in [1.807, 2.05) is 18.9 Å². The molecule has 0 spiro atoms. The lowest BCUT2D eigenvalue weighted by Crippen LogP contribution is -2.17. The normalized spacial score (nSPS) is 10.5. The third-order valence-corrected chi connectivity index (χ3v) is 2.55. The topological polar surface area (TPSA) is 47.1 Å². The number of rotatable bonds is 3. The maximum atomic E-state index is 12.9. The molecular weight excluding hydrogens is 219 g/mol. The van der Waals surface area contributed by atoms with E-state index in [1.165, 1.54) is 12.1 Å². The average molecular weight is 234 g/mol. The maximum Gasteiger partial charge on any atom is 0.178 e. The van der Waals surface area contributed by atoms with Crippen molar-refractivity contribution in [3.05, 3.63) is 36.3 Å². The molecule has 2 rings (SSSR count). The van der Waals surface area contributed by atoms with Crippen molar-refractivity contribution in [3.63, 3.8) is 0 Å². The molecule has 1 aromatic heterocycles. The van der Waals surface area contributed by atoms with E-state index in [-0.39, 0.29) is 5.82 Å². The van der Waals surface area contributed by atoms with Gasteiger partial charge in [-0.05, 0) is 31.2 Å². The van der Waals surface area contributed by atoms with Crippen LogP contribution in [-0.2, 0) is 7.05 Å². The van der Waals surface area contributed by atoms with Crippen LogP contribution in [0.2, 0.25) is 0 Å². The molecule has 0 saturated heterocycles. The number of hydrogen-bond acceptors (Lipinski definition) is 3. The highest BCUT2D eigenvalue weighted by Crippen LogP contribution is 2.28. The van der Waals surface area contributed by atoms with Crippen LogP contribution in [0.3, 0.4) is 0 Å². The lowest BCUT2D eigenvalue weighted by molar-refractivity contribution is 0.627. The third kappa shape index (κ3) is 2.22. The van der Waals surface area contributed by atoms with Crippen molar-refractivity contribution >= 4 is 17.2 Å². The summed E-state index contributed by atoms with van der Waals surface area (Å²) in [7, 11) is 1.82. The van der Waals surface area contributed by atoms with Gasteiger partial charge in [0, 0.05) is 25.5 Å². The fourth-order valence-corrected chi connectivity index (χ4v) is 1.78. The van der Waals surface area contributed by atoms with Gasteiger partial charge in [0.05, 0.1) is 5.69 Å². The first-order valence-electron chi connectivity index (χ1n) is 5.44. The van der Waals surface area contributed by atoms with Crippen molar-refractivity contribution in [1.29, 1.82) is 0 Å². The summed E-state index contributed by atoms with van der Waals surface area (Å²) in [5.74, 6) is 0.445. The molecule has 2 N–H and O–H groups in total. The Morgan fingerprint density at radius 1 is 1.35 bits per heavy atom. The average Bonchev–Trinajstić information content (AvgIpc) is 2.62. The van der Waals surface area contributed by atoms with Gasteiger partial charge in [-0.15, -0.1) is 0 Å². The van der Waals surface area contributed by atoms with Gasteiger partial charge >= 0.3 is 0 Å². The molecule has 0 unspecified atom stereocenters. The predicted molar refractivity (Wildman–Crippen MR) is 66.7 cm³/mol. The number of nitrogen functional groups attached to an aromatic ring is 1. The Morgan fingerprint density at radius 2 is 2.00 bits per heavy atom. The highest BCUT2D eigenvalue weighted by molar-refractivity contribution is 5.70. The Labute approximate surface area is 99.5 Å². The van der Waals surface area contributed by atoms with Gasteiger partial charge in [-0.2, -0.15) is 5.10 Å². The monoisotopic (exact) mass is 234 g/mol. The summed E-state index contributed by atoms with van der Waals surface area (Å²) in [6.45, 7) is 2.71. The molecule has 17 heavy (non-hydrogen) atoms. The highest BCUT2D eigenvalue weighted by Gasteiger charge is 2.13. The van der Waals surface area contributed by atoms with Crippen molar-refractivity contribution in [1.82, 2.24) is 9.78 Å². The van der Waals surface area contributed by atoms with Crippen LogP contribution in [0.4, 0.5) is 21.6 Å². The second-order valence-electron chi connectivity index (χ2n) is 3.80. The molecule has 0 fully saturated rings. The zero-order valence-electron chi connectivity index (χ0n) is 9.89. The molecule has 90 valence electrons. The summed E-state index contributed by atoms with van der Waals surface area (Å²) in [6.07, 6.45) is 1.75. The first-order chi connectivity index (χ1) is 8.11. The van der Waals surface area contributed by atoms with Crippen molar-refractivity contribution in [2.24, 2.45) is 7.05 Å². The highest BCUT2D eigenvalue weighted by atomic mass is 19.1. The van der Waals surface area contributed by atoms with Crippen LogP contribution in [0.15, 0.2) is 30.5 Å². The molecule has 4 nitrogen and oxygen atoms in total. The van der Waals surface area contributed by atoms with Gasteiger partial charge < -0.3 is 10.6 Å². The molecule has 5 heteroatoms. The lowest BCUT2D eigenvalue weighted by Gasteiger charge is -2.21. The third-order valence-electron chi connectivity index (χ3n) is 2.55. The van der Waals surface area contributed by atoms with E-state index in [4.69, 9.17) is 5.73 Å². The fourth-order valence-electron chi connectivity index (χ4n) is 1.78. The van der Waals surface area contributed by atoms with E-state index < -0.39 is 0 Å². The number of nitrogens with zero attached hydrogens (tertiary/aromatic N) is 3. The number of aromatic nitrogens is 2. The first-order valence-corrected chi connectivity index (χ1v) is 5.44. The molecule has 2 aromatic rings. The first kappa shape index (κ1) is 11.4. The number of anilines is 3. The largest absolute Gasteiger partial charge is 0.394 e. The van der Waals surface area contributed by atoms with Gasteiger partial charge in [0.15, 0.2) is 5.82 Å². The van der Waals surface area contributed by atoms with Crippen molar-refractivity contribution in [2.45, 2.75) is 6.92 Å². The van der Waals surface area contributed by atoms with Crippen molar-refractivity contribution in [3.8, 4) is 0 Å². The zero-order chi connectivity index (χ0) is 12.4. The molecule has 0 atom stereocenters. The predicted octanol–water partition coefficient (Wildman–Crippen LogP) is 2.30. The summed E-state index contributed by atoms with van der Waals surface area (Å²) < 4.78 is 14.5. The number of halogens is 1. The Balaban J connectivity index is 2.39. The van der Waals surface area contributed by atoms with Gasteiger partial charge in [-0.25, -0.2) is 4.39 Å². The van der Waals surface area contributed by atoms with Crippen LogP contribution in [0.5, 0.6) is 0 Å². The minimum atomic E-state index is -0.251. The minimum Gasteiger partial charge on any atom is -0.394 e. The minimum absolute atomic E-state index is 0.251. The molecule has 0 saturated carbocycles. The summed E-state index contributed by atoms with van der Waals surface area (Å²) in [5.41, 5.74) is 7.37. The van der Waals surface area contributed by atoms with Gasteiger partial charge in [0.2, 0.25) is 0 Å². The Kier molecular flexibility index (Phi) is 2.99. The summed E-state index contributed by atoms with van der Waals surface area (Å²) in [6, 6.07) is 6.29. The van der Waals surface area contributed by atoms with Crippen LogP contribution in [-0.4, -0.2) is 16.3 Å². The SMILES string of the molecule is CCN(c1ccc(F)cc1)c1nn(C)cc1N. The molecule has 0 radical (unpaired) electrons. The standard InChI is InChI=1S/C12H15FN4/c1-3-17(10-6-4-9(13)5-7-10)12-11(14)8-16(2)15-12/h4-8H,3,14H2,1-2H3. The second kappa shape index (κ2) is 4.45. The van der Waals surface area contributed by atoms with E-state index in [1.54, 1.807) is 23.0 Å². The van der Waals surface area contributed by atoms with E-state index in [2.05, 4.69) is 5.10 Å². The van der Waals surface area contributed by atoms with Crippen LogP contribution in [0, 0.1) is 5.82 Å². The Bertz CT molecular complexity index is 504. The second-order valence-corrected chi connectivity index (χ2v) is 3.80. The summed E-state index contributed by atoms with van der Waals surface area (Å²) >= 11 is 0. The van der Waals surface area contributed by atoms with Crippen molar-refractivity contribution in [2.75, 3.05) is 17.2 Å². The van der Waals surface area contributed by atoms with Crippen LogP contribution < -0.4 is 10.6 Å². The van der Waals surface area contributed by atoms with Gasteiger partial charge in [0.1, 0.15) is 5.82 Å². The van der Waals surface area contributed by atoms with Crippen LogP contribution >= 0.6 is 0 Å². The molecule has 0 aliphatic carbocycles. The Morgan fingerprint density at radius 3 is 2.47 bits per heavy atom. The van der Waals surface area contributed by atoms with Gasteiger partial charge in [-0.1, -0.05) is 0 Å². The molecule has 0 aliphatic rings. The quantitative estimate of drug-likeness (QED) is 0.886. The van der Waals surface area contributed by atoms with E-state index in [0.29, 0.717) is 18.1 Å². The van der Waals surface area contributed by atoms with Crippen molar-refractivity contribution < 1.29 is 4.39 Å². The van der Waals surface area contributed by atoms with Crippen LogP contribution in [0.25, 0.3) is 0 Å². The molecule has 1 heterocycles. The molecule has 0 amide bonds. The fraction of sp³-hybridized carbons (Fsp3) is 0.250. The van der Waals surface area contributed by atoms with Gasteiger partial charge in [-0.3, -0.25) is 4.68 Å². The molecular formula is C12H15FN4. The molecule has 0 bridgehead atoms. The summed E-state index contributed by atoms with van der Waals surface area (Å²) in [4.78, 5) is 1.94. The zero-order valence-corrected chi connectivity index (χ0v) is 9.89. The maximum absolute atomic E-state index is 12.9. The molecule has 1 aromatic carbocycles. The summed E-state index contributed by atoms with van der Waals surface area (Å²) in [5, 5.41) is 4.30.